The summed E-state index contributed by atoms with van der Waals surface area (Å²) in [5, 5.41) is 16.7. The predicted octanol–water partition coefficient (Wildman–Crippen LogP) is 4.32. The number of hydrogen-bond donors (Lipinski definition) is 1. The number of pyridine rings is 1. The van der Waals surface area contributed by atoms with Gasteiger partial charge < -0.3 is 48.1 Å². The van der Waals surface area contributed by atoms with Gasteiger partial charge in [-0.25, -0.2) is 18.1 Å². The second kappa shape index (κ2) is 42.1. The van der Waals surface area contributed by atoms with Crippen LogP contribution in [0.2, 0.25) is 0 Å². The quantitative estimate of drug-likeness (QED) is 0.171. The molecule has 12 atom stereocenters. The minimum atomic E-state index is -1.70. The maximum atomic E-state index is 14.4. The largest absolute Gasteiger partial charge is 0 e. The van der Waals surface area contributed by atoms with Crippen molar-refractivity contribution in [3.63, 3.8) is 0 Å². The van der Waals surface area contributed by atoms with Crippen LogP contribution in [0.25, 0.3) is 0 Å². The number of rotatable bonds is 8. The number of aromatic nitrogens is 1. The number of cyclic esters (lactones) is 1. The fourth-order valence-corrected chi connectivity index (χ4v) is 8.04. The van der Waals surface area contributed by atoms with Gasteiger partial charge in [0, 0.05) is 211 Å². The van der Waals surface area contributed by atoms with E-state index in [1.807, 2.05) is 41.8 Å². The van der Waals surface area contributed by atoms with Gasteiger partial charge in [0.15, 0.2) is 12.3 Å². The first kappa shape index (κ1) is 81.3. The molecule has 0 unspecified atom stereocenters. The number of fused-ring (bicyclic) bond motifs is 5. The maximum Gasteiger partial charge on any atom is 0 e. The molecular formula is C41H62N3O10W10Y-3. The van der Waals surface area contributed by atoms with E-state index >= 15 is 0 Å². The van der Waals surface area contributed by atoms with E-state index in [0.717, 1.165) is 24.9 Å². The summed E-state index contributed by atoms with van der Waals surface area (Å²) < 4.78 is 44.7. The monoisotopic (exact) mass is 2690 g/mol. The van der Waals surface area contributed by atoms with Crippen LogP contribution in [0.5, 0.6) is 0 Å². The Hall–Kier alpha value is 4.95. The Morgan fingerprint density at radius 2 is 1.68 bits per heavy atom. The summed E-state index contributed by atoms with van der Waals surface area (Å²) in [6, 6.07) is 6.36. The van der Waals surface area contributed by atoms with E-state index in [2.05, 4.69) is 32.6 Å². The molecule has 65 heavy (non-hydrogen) atoms. The van der Waals surface area contributed by atoms with Crippen LogP contribution >= 0.6 is 0 Å². The van der Waals surface area contributed by atoms with Gasteiger partial charge in [-0.1, -0.05) is 51.2 Å². The van der Waals surface area contributed by atoms with Crippen LogP contribution in [-0.2, 0) is 281 Å². The number of ketones is 1. The molecule has 2 bridgehead atoms. The summed E-state index contributed by atoms with van der Waals surface area (Å²) in [4.78, 5) is 42.3. The molecule has 0 amide bonds. The summed E-state index contributed by atoms with van der Waals surface area (Å²) in [5.41, 5.74) is -1.07. The van der Waals surface area contributed by atoms with E-state index < -0.39 is 65.5 Å². The number of carbonyl (C=O) groups excluding carboxylic acids is 2. The molecule has 3 aliphatic heterocycles. The van der Waals surface area contributed by atoms with Crippen LogP contribution in [0.3, 0.4) is 0 Å². The summed E-state index contributed by atoms with van der Waals surface area (Å²) >= 11 is 4.42. The number of carbonyl (C=O) groups is 2. The van der Waals surface area contributed by atoms with Crippen molar-refractivity contribution < 1.29 is 281 Å². The van der Waals surface area contributed by atoms with Gasteiger partial charge in [-0.05, 0) is 65.7 Å². The van der Waals surface area contributed by atoms with Gasteiger partial charge in [-0.2, -0.15) is 13.0 Å². The van der Waals surface area contributed by atoms with Crippen LogP contribution in [-0.4, -0.2) is 126 Å². The summed E-state index contributed by atoms with van der Waals surface area (Å²) in [6.45, 7) is 18.9. The number of methoxy groups -OCH3 is 1. The van der Waals surface area contributed by atoms with Crippen molar-refractivity contribution in [2.75, 3.05) is 34.4 Å². The number of oxime groups is 1. The fraction of sp³-hybridized carbons (Fsp3) is 0.707. The molecule has 4 heterocycles. The van der Waals surface area contributed by atoms with Gasteiger partial charge >= 0.3 is 58.0 Å². The third-order valence-corrected chi connectivity index (χ3v) is 11.3. The molecule has 4 rings (SSSR count). The Bertz CT molecular complexity index is 1540. The molecule has 3 aliphatic rings. The van der Waals surface area contributed by atoms with Crippen molar-refractivity contribution in [2.45, 2.75) is 135 Å². The zero-order valence-electron chi connectivity index (χ0n) is 39.6. The van der Waals surface area contributed by atoms with E-state index in [1.54, 1.807) is 78.7 Å². The van der Waals surface area contributed by atoms with E-state index in [4.69, 9.17) is 34.6 Å². The van der Waals surface area contributed by atoms with Crippen molar-refractivity contribution in [3.8, 4) is 0 Å². The zero-order valence-corrected chi connectivity index (χ0v) is 70.8. The molecule has 3 saturated heterocycles. The molecule has 1 radical (unpaired) electrons. The SMILES string of the molecule is C=C1[C@H](C)C[C@@]2(C)OCC(=NOCc3cc[c-]cn3)CO[C@H]([C@H]1C)[C@](C)(O)[C@@H](CC)OC(=O)[C-](C)C(=O)[C@H](C)[C@H]2O[C@@H]1O[C@H](C)C[C@H](N(C)C)[C@H]1OC.[3H][C-]=[W].[W].[W].[W].[W].[W].[W].[W].[W]=[W].[Y]. The Balaban J connectivity index is -0.000000514. The third-order valence-electron chi connectivity index (χ3n) is 11.3. The third kappa shape index (κ3) is 24.2. The molecule has 1 N–H and O–H groups in total. The molecule has 0 aromatic carbocycles. The Labute approximate surface area is 545 Å². The maximum absolute atomic E-state index is 14.4. The van der Waals surface area contributed by atoms with Gasteiger partial charge in [0.05, 0.1) is 37.1 Å². The van der Waals surface area contributed by atoms with Gasteiger partial charge in [0.1, 0.15) is 30.1 Å². The molecule has 3 fully saturated rings. The summed E-state index contributed by atoms with van der Waals surface area (Å²) in [6.07, 6.45) is -1.56. The Kier molecular flexibility index (Phi) is 52.7. The molecule has 24 heteroatoms. The number of esters is 1. The first-order chi connectivity index (χ1) is 27.4. The average Bonchev–Trinajstić information content (AvgIpc) is 3.21. The molecular weight excluding hydrogens is 2620 g/mol. The van der Waals surface area contributed by atoms with Gasteiger partial charge in [0.25, 0.3) is 0 Å². The fourth-order valence-electron chi connectivity index (χ4n) is 8.04. The normalized spacial score (nSPS) is 32.0. The van der Waals surface area contributed by atoms with Gasteiger partial charge in [0.2, 0.25) is 0 Å². The Morgan fingerprint density at radius 3 is 2.18 bits per heavy atom. The zero-order chi connectivity index (χ0) is 44.0. The van der Waals surface area contributed by atoms with Crippen LogP contribution in [0.1, 0.15) is 81.7 Å². The minimum Gasteiger partial charge on any atom is 0 e. The smallest absolute Gasteiger partial charge is 0 e. The Morgan fingerprint density at radius 1 is 1.09 bits per heavy atom. The standard InChI is InChI=1S/C40H61N3O10.CH.10W.Y/c1-13-32-40(9,46)36-26(5)25(4)23(2)19-39(8,49-21-30(20-48-36)42-50-22-29-16-14-15-17-41-29)35(27(6)33(44)28(7)37(45)52-32)53-38-34(47-12)31(43(10)11)18-24(3)51-38;;;;;;;;;;;;/h14,16-17,23-24,26-27,31-32,34-36,38,46H,4,13,18-22H2,1-3,5-12H3;1H;;;;;;;;;;;/q-2;-1;;;;;;;;;;;/t23-,24-,26+,27+,31+,32-,34-,35-,36-,38+,39-,40-;;;;;;;;;;;;/m1............/s1/i;1T;;;;;;;;;;;. The van der Waals surface area contributed by atoms with Crippen molar-refractivity contribution in [2.24, 2.45) is 22.9 Å². The average molecular weight is 2690 g/mol. The molecule has 0 spiro atoms. The van der Waals surface area contributed by atoms with E-state index in [-0.39, 0.29) is 230 Å². The van der Waals surface area contributed by atoms with E-state index in [0.29, 0.717) is 24.2 Å². The van der Waals surface area contributed by atoms with Crippen molar-refractivity contribution in [1.82, 2.24) is 9.88 Å². The number of ether oxygens (including phenoxy) is 6. The van der Waals surface area contributed by atoms with Gasteiger partial charge in [-0.3, -0.25) is 9.78 Å². The number of likely N-dealkylation sites (N-methyl/N-ethyl adjacent to an activating group) is 1. The first-order valence-corrected chi connectivity index (χ1v) is 31.5. The number of aliphatic hydroxyl groups is 1. The van der Waals surface area contributed by atoms with E-state index in [9.17, 15) is 14.7 Å². The minimum absolute atomic E-state index is 0. The second-order valence-electron chi connectivity index (χ2n) is 15.6. The summed E-state index contributed by atoms with van der Waals surface area (Å²) in [5.74, 6) is -2.97. The molecule has 367 valence electrons. The van der Waals surface area contributed by atoms with Crippen LogP contribution in [0, 0.1) is 29.7 Å². The molecule has 1 aromatic rings. The van der Waals surface area contributed by atoms with Crippen molar-refractivity contribution >= 4 is 22.3 Å². The molecule has 0 aliphatic carbocycles. The topological polar surface area (TPSA) is 147 Å². The van der Waals surface area contributed by atoms with E-state index in [1.165, 1.54) is 6.92 Å². The van der Waals surface area contributed by atoms with Crippen molar-refractivity contribution in [1.29, 1.82) is 0 Å². The number of nitrogens with zero attached hydrogens (tertiary/aromatic N) is 3. The van der Waals surface area contributed by atoms with Crippen LogP contribution < -0.4 is 0 Å². The second-order valence-corrected chi connectivity index (χ2v) is 15.6. The molecule has 13 nitrogen and oxygen atoms in total. The van der Waals surface area contributed by atoms with Crippen LogP contribution in [0.15, 0.2) is 35.6 Å². The first-order valence-electron chi connectivity index (χ1n) is 19.6. The van der Waals surface area contributed by atoms with Gasteiger partial charge in [-0.15, -0.1) is 0 Å². The van der Waals surface area contributed by atoms with Crippen LogP contribution in [0.4, 0.5) is 0 Å². The summed E-state index contributed by atoms with van der Waals surface area (Å²) in [7, 11) is 5.59. The van der Waals surface area contributed by atoms with Crippen molar-refractivity contribution in [3.05, 3.63) is 48.2 Å². The number of Topliss-reactive ketones (excluding diaryl/α,β-unsaturated/α-hetero) is 1. The molecule has 1 aromatic heterocycles. The number of hydrogen-bond acceptors (Lipinski definition) is 13. The predicted molar refractivity (Wildman–Crippen MR) is 204 cm³/mol. The molecule has 0 saturated carbocycles.